The molecule has 148 valence electrons. The fraction of sp³-hybridized carbons (Fsp3) is 0.364. The number of rotatable bonds is 7. The number of hydrogen-bond acceptors (Lipinski definition) is 3. The zero-order valence-corrected chi connectivity index (χ0v) is 16.8. The molecule has 1 heterocycles. The minimum atomic E-state index is -0.439. The topological polar surface area (TPSA) is 61.4 Å². The van der Waals surface area contributed by atoms with Crippen LogP contribution in [0, 0.1) is 6.92 Å². The van der Waals surface area contributed by atoms with Gasteiger partial charge in [0.15, 0.2) is 0 Å². The van der Waals surface area contributed by atoms with Gasteiger partial charge in [-0.15, -0.1) is 0 Å². The van der Waals surface area contributed by atoms with E-state index in [4.69, 9.17) is 11.6 Å². The van der Waals surface area contributed by atoms with E-state index in [-0.39, 0.29) is 18.2 Å². The smallest absolute Gasteiger partial charge is 0.237 e. The zero-order valence-electron chi connectivity index (χ0n) is 16.1. The molecule has 0 saturated carbocycles. The van der Waals surface area contributed by atoms with Gasteiger partial charge in [-0.3, -0.25) is 14.5 Å². The van der Waals surface area contributed by atoms with Crippen LogP contribution in [-0.2, 0) is 22.6 Å². The fourth-order valence-electron chi connectivity index (χ4n) is 3.35. The third-order valence-electron chi connectivity index (χ3n) is 4.98. The number of carbonyl (C=O) groups is 2. The molecule has 2 N–H and O–H groups in total. The van der Waals surface area contributed by atoms with E-state index in [0.717, 1.165) is 24.1 Å². The molecule has 1 saturated heterocycles. The molecule has 0 spiro atoms. The highest BCUT2D eigenvalue weighted by Gasteiger charge is 2.31. The van der Waals surface area contributed by atoms with Crippen LogP contribution in [0.3, 0.4) is 0 Å². The predicted molar refractivity (Wildman–Crippen MR) is 111 cm³/mol. The number of halogens is 1. The van der Waals surface area contributed by atoms with Gasteiger partial charge < -0.3 is 10.6 Å². The second-order valence-corrected chi connectivity index (χ2v) is 7.63. The molecule has 1 atom stereocenters. The Morgan fingerprint density at radius 3 is 2.54 bits per heavy atom. The van der Waals surface area contributed by atoms with E-state index >= 15 is 0 Å². The quantitative estimate of drug-likeness (QED) is 0.752. The van der Waals surface area contributed by atoms with Gasteiger partial charge >= 0.3 is 0 Å². The van der Waals surface area contributed by atoms with Crippen molar-refractivity contribution < 1.29 is 9.59 Å². The monoisotopic (exact) mass is 399 g/mol. The van der Waals surface area contributed by atoms with Crippen molar-refractivity contribution >= 4 is 23.4 Å². The summed E-state index contributed by atoms with van der Waals surface area (Å²) >= 11 is 5.89. The summed E-state index contributed by atoms with van der Waals surface area (Å²) in [5, 5.41) is 6.50. The first-order chi connectivity index (χ1) is 13.5. The number of benzene rings is 2. The Morgan fingerprint density at radius 2 is 1.82 bits per heavy atom. The Balaban J connectivity index is 1.52. The number of nitrogens with one attached hydrogen (secondary N) is 2. The van der Waals surface area contributed by atoms with Crippen molar-refractivity contribution in [3.63, 3.8) is 0 Å². The van der Waals surface area contributed by atoms with Gasteiger partial charge in [0.1, 0.15) is 0 Å². The van der Waals surface area contributed by atoms with E-state index in [1.807, 2.05) is 24.3 Å². The lowest BCUT2D eigenvalue weighted by atomic mass is 10.1. The number of nitrogens with zero attached hydrogens (tertiary/aromatic N) is 1. The summed E-state index contributed by atoms with van der Waals surface area (Å²) in [5.74, 6) is -0.184. The van der Waals surface area contributed by atoms with Crippen LogP contribution in [0.4, 0.5) is 0 Å². The van der Waals surface area contributed by atoms with Crippen LogP contribution in [0.15, 0.2) is 48.5 Å². The van der Waals surface area contributed by atoms with Gasteiger partial charge in [0.2, 0.25) is 11.8 Å². The molecule has 0 aliphatic carbocycles. The normalized spacial score (nSPS) is 17.2. The summed E-state index contributed by atoms with van der Waals surface area (Å²) < 4.78 is 0. The Labute approximate surface area is 171 Å². The maximum atomic E-state index is 12.4. The summed E-state index contributed by atoms with van der Waals surface area (Å²) in [6, 6.07) is 15.4. The highest BCUT2D eigenvalue weighted by Crippen LogP contribution is 2.15. The molecule has 1 aliphatic heterocycles. The second-order valence-electron chi connectivity index (χ2n) is 7.19. The Kier molecular flexibility index (Phi) is 7.06. The standard InChI is InChI=1S/C22H26ClN3O2/c1-16-2-4-18(5-3-16)15-26-13-12-25-22(28)20(26)14-21(27)24-11-10-17-6-8-19(23)9-7-17/h2-9,20H,10-15H2,1H3,(H,24,27)(H,25,28). The van der Waals surface area contributed by atoms with Gasteiger partial charge in [0.25, 0.3) is 0 Å². The summed E-state index contributed by atoms with van der Waals surface area (Å²) in [7, 11) is 0. The van der Waals surface area contributed by atoms with Gasteiger partial charge in [-0.25, -0.2) is 0 Å². The molecule has 0 aromatic heterocycles. The molecule has 6 heteroatoms. The predicted octanol–water partition coefficient (Wildman–Crippen LogP) is 2.70. The van der Waals surface area contributed by atoms with Crippen molar-refractivity contribution in [1.82, 2.24) is 15.5 Å². The van der Waals surface area contributed by atoms with E-state index in [0.29, 0.717) is 24.7 Å². The SMILES string of the molecule is Cc1ccc(CN2CCNC(=O)C2CC(=O)NCCc2ccc(Cl)cc2)cc1. The fourth-order valence-corrected chi connectivity index (χ4v) is 3.47. The van der Waals surface area contributed by atoms with Gasteiger partial charge in [-0.1, -0.05) is 53.6 Å². The number of carbonyl (C=O) groups excluding carboxylic acids is 2. The minimum Gasteiger partial charge on any atom is -0.356 e. The average molecular weight is 400 g/mol. The lowest BCUT2D eigenvalue weighted by Crippen LogP contribution is -2.56. The van der Waals surface area contributed by atoms with Crippen LogP contribution < -0.4 is 10.6 Å². The molecular weight excluding hydrogens is 374 g/mol. The molecule has 1 unspecified atom stereocenters. The summed E-state index contributed by atoms with van der Waals surface area (Å²) in [5.41, 5.74) is 3.46. The summed E-state index contributed by atoms with van der Waals surface area (Å²) in [4.78, 5) is 26.9. The van der Waals surface area contributed by atoms with E-state index in [9.17, 15) is 9.59 Å². The molecule has 0 bridgehead atoms. The van der Waals surface area contributed by atoms with Crippen molar-refractivity contribution in [3.8, 4) is 0 Å². The Morgan fingerprint density at radius 1 is 1.14 bits per heavy atom. The van der Waals surface area contributed by atoms with Crippen molar-refractivity contribution in [2.24, 2.45) is 0 Å². The van der Waals surface area contributed by atoms with Gasteiger partial charge in [-0.2, -0.15) is 0 Å². The number of aryl methyl sites for hydroxylation is 1. The first kappa shape index (κ1) is 20.4. The lowest BCUT2D eigenvalue weighted by molar-refractivity contribution is -0.134. The van der Waals surface area contributed by atoms with Gasteiger partial charge in [0.05, 0.1) is 12.5 Å². The van der Waals surface area contributed by atoms with Crippen LogP contribution in [0.5, 0.6) is 0 Å². The van der Waals surface area contributed by atoms with Crippen molar-refractivity contribution in [2.45, 2.75) is 32.4 Å². The number of piperazine rings is 1. The van der Waals surface area contributed by atoms with Crippen LogP contribution in [0.25, 0.3) is 0 Å². The molecule has 3 rings (SSSR count). The van der Waals surface area contributed by atoms with Crippen LogP contribution >= 0.6 is 11.6 Å². The minimum absolute atomic E-state index is 0.0776. The van der Waals surface area contributed by atoms with Crippen LogP contribution in [0.2, 0.25) is 5.02 Å². The van der Waals surface area contributed by atoms with Crippen LogP contribution in [0.1, 0.15) is 23.1 Å². The maximum absolute atomic E-state index is 12.4. The molecule has 1 fully saturated rings. The Bertz CT molecular complexity index is 806. The van der Waals surface area contributed by atoms with Crippen molar-refractivity contribution in [3.05, 3.63) is 70.2 Å². The number of amides is 2. The number of hydrogen-bond donors (Lipinski definition) is 2. The Hall–Kier alpha value is -2.37. The molecule has 0 radical (unpaired) electrons. The first-order valence-electron chi connectivity index (χ1n) is 9.60. The van der Waals surface area contributed by atoms with Crippen molar-refractivity contribution in [2.75, 3.05) is 19.6 Å². The second kappa shape index (κ2) is 9.71. The van der Waals surface area contributed by atoms with Crippen molar-refractivity contribution in [1.29, 1.82) is 0 Å². The molecule has 2 aromatic rings. The lowest BCUT2D eigenvalue weighted by Gasteiger charge is -2.34. The average Bonchev–Trinajstić information content (AvgIpc) is 2.68. The molecule has 2 amide bonds. The van der Waals surface area contributed by atoms with E-state index in [2.05, 4.69) is 46.7 Å². The van der Waals surface area contributed by atoms with E-state index in [1.165, 1.54) is 5.56 Å². The highest BCUT2D eigenvalue weighted by molar-refractivity contribution is 6.30. The summed E-state index contributed by atoms with van der Waals surface area (Å²) in [6.45, 7) is 4.60. The zero-order chi connectivity index (χ0) is 19.9. The van der Waals surface area contributed by atoms with E-state index < -0.39 is 6.04 Å². The summed E-state index contributed by atoms with van der Waals surface area (Å²) in [6.07, 6.45) is 0.894. The van der Waals surface area contributed by atoms with Gasteiger partial charge in [0, 0.05) is 31.2 Å². The first-order valence-corrected chi connectivity index (χ1v) is 9.97. The van der Waals surface area contributed by atoms with E-state index in [1.54, 1.807) is 0 Å². The molecule has 5 nitrogen and oxygen atoms in total. The highest BCUT2D eigenvalue weighted by atomic mass is 35.5. The molecule has 1 aliphatic rings. The third kappa shape index (κ3) is 5.81. The van der Waals surface area contributed by atoms with Crippen LogP contribution in [-0.4, -0.2) is 42.4 Å². The molecular formula is C22H26ClN3O2. The third-order valence-corrected chi connectivity index (χ3v) is 5.23. The molecule has 28 heavy (non-hydrogen) atoms. The molecule has 2 aromatic carbocycles. The maximum Gasteiger partial charge on any atom is 0.237 e. The largest absolute Gasteiger partial charge is 0.356 e. The van der Waals surface area contributed by atoms with Gasteiger partial charge in [-0.05, 0) is 36.6 Å².